The Morgan fingerprint density at radius 1 is 0.429 bits per heavy atom. The Bertz CT molecular complexity index is 404. The van der Waals surface area contributed by atoms with Gasteiger partial charge in [-0.15, -0.1) is 0 Å². The van der Waals surface area contributed by atoms with Gasteiger partial charge in [-0.1, -0.05) is 63.8 Å². The Labute approximate surface area is 176 Å². The minimum atomic E-state index is 0.877. The summed E-state index contributed by atoms with van der Waals surface area (Å²) in [5.41, 5.74) is 0. The van der Waals surface area contributed by atoms with Gasteiger partial charge in [0.1, 0.15) is 0 Å². The molecule has 3 aliphatic carbocycles. The first-order valence-electron chi connectivity index (χ1n) is 13.1. The fourth-order valence-electron chi connectivity index (χ4n) is 6.31. The second kappa shape index (κ2) is 12.2. The van der Waals surface area contributed by atoms with E-state index in [0.29, 0.717) is 0 Å². The van der Waals surface area contributed by atoms with Crippen LogP contribution in [0.4, 0.5) is 0 Å². The van der Waals surface area contributed by atoms with Gasteiger partial charge in [0.15, 0.2) is 0 Å². The maximum Gasteiger partial charge on any atom is -0.0233 e. The van der Waals surface area contributed by atoms with E-state index >= 15 is 0 Å². The summed E-state index contributed by atoms with van der Waals surface area (Å²) in [5.74, 6) is 5.63. The van der Waals surface area contributed by atoms with Crippen LogP contribution in [0.5, 0.6) is 0 Å². The molecule has 0 aromatic carbocycles. The molecule has 160 valence electrons. The first kappa shape index (κ1) is 22.2. The Morgan fingerprint density at radius 3 is 0.929 bits per heavy atom. The van der Waals surface area contributed by atoms with E-state index in [9.17, 15) is 0 Å². The molecule has 3 rings (SSSR count). The van der Waals surface area contributed by atoms with Crippen molar-refractivity contribution in [3.8, 4) is 0 Å². The van der Waals surface area contributed by atoms with Crippen LogP contribution in [0.1, 0.15) is 117 Å². The van der Waals surface area contributed by atoms with Crippen LogP contribution in [0.25, 0.3) is 0 Å². The highest BCUT2D eigenvalue weighted by Crippen LogP contribution is 2.36. The van der Waals surface area contributed by atoms with Crippen molar-refractivity contribution in [2.45, 2.75) is 117 Å². The molecule has 0 saturated heterocycles. The normalized spacial score (nSPS) is 37.6. The Hall–Kier alpha value is -0.520. The monoisotopic (exact) mass is 384 g/mol. The number of hydrogen-bond donors (Lipinski definition) is 0. The first-order chi connectivity index (χ1) is 13.8. The lowest BCUT2D eigenvalue weighted by atomic mass is 9.77. The van der Waals surface area contributed by atoms with Gasteiger partial charge in [-0.2, -0.15) is 0 Å². The molecule has 3 aliphatic rings. The third-order valence-corrected chi connectivity index (χ3v) is 8.30. The quantitative estimate of drug-likeness (QED) is 0.366. The third kappa shape index (κ3) is 7.38. The predicted molar refractivity (Wildman–Crippen MR) is 124 cm³/mol. The van der Waals surface area contributed by atoms with Crippen LogP contribution >= 0.6 is 0 Å². The molecule has 3 saturated carbocycles. The second-order valence-electron chi connectivity index (χ2n) is 10.6. The van der Waals surface area contributed by atoms with Gasteiger partial charge in [0, 0.05) is 0 Å². The summed E-state index contributed by atoms with van der Waals surface area (Å²) in [6.07, 6.45) is 33.7. The summed E-state index contributed by atoms with van der Waals surface area (Å²) in [6, 6.07) is 0. The van der Waals surface area contributed by atoms with Gasteiger partial charge in [-0.3, -0.25) is 0 Å². The van der Waals surface area contributed by atoms with Crippen LogP contribution in [0.15, 0.2) is 24.3 Å². The van der Waals surface area contributed by atoms with E-state index in [-0.39, 0.29) is 0 Å². The fraction of sp³-hybridized carbons (Fsp3) is 0.857. The Morgan fingerprint density at radius 2 is 0.679 bits per heavy atom. The molecule has 0 N–H and O–H groups in total. The van der Waals surface area contributed by atoms with Crippen LogP contribution < -0.4 is 0 Å². The molecule has 28 heavy (non-hydrogen) atoms. The molecule has 3 fully saturated rings. The molecule has 0 heterocycles. The molecular formula is C28H48. The summed E-state index contributed by atoms with van der Waals surface area (Å²) in [6.45, 7) is 4.69. The average Bonchev–Trinajstić information content (AvgIpc) is 2.74. The van der Waals surface area contributed by atoms with Crippen molar-refractivity contribution in [3.63, 3.8) is 0 Å². The first-order valence-corrected chi connectivity index (χ1v) is 13.1. The van der Waals surface area contributed by atoms with Gasteiger partial charge in [0.2, 0.25) is 0 Å². The van der Waals surface area contributed by atoms with Crippen molar-refractivity contribution in [1.29, 1.82) is 0 Å². The lowest BCUT2D eigenvalue weighted by molar-refractivity contribution is 0.290. The van der Waals surface area contributed by atoms with Crippen molar-refractivity contribution in [2.24, 2.45) is 35.5 Å². The highest BCUT2D eigenvalue weighted by Gasteiger charge is 2.22. The molecule has 0 aliphatic heterocycles. The minimum absolute atomic E-state index is 0.877. The zero-order chi connectivity index (χ0) is 19.6. The lowest BCUT2D eigenvalue weighted by Gasteiger charge is -2.29. The van der Waals surface area contributed by atoms with Crippen LogP contribution in [-0.2, 0) is 0 Å². The van der Waals surface area contributed by atoms with E-state index in [1.807, 2.05) is 0 Å². The van der Waals surface area contributed by atoms with E-state index < -0.39 is 0 Å². The topological polar surface area (TPSA) is 0 Å². The summed E-state index contributed by atoms with van der Waals surface area (Å²) in [5, 5.41) is 0. The van der Waals surface area contributed by atoms with E-state index in [1.54, 1.807) is 0 Å². The van der Waals surface area contributed by atoms with Crippen molar-refractivity contribution in [3.05, 3.63) is 24.3 Å². The molecule has 0 heteroatoms. The maximum atomic E-state index is 2.62. The molecule has 0 amide bonds. The number of hydrogen-bond acceptors (Lipinski definition) is 0. The molecular weight excluding hydrogens is 336 g/mol. The Balaban J connectivity index is 1.30. The summed E-state index contributed by atoms with van der Waals surface area (Å²) < 4.78 is 0. The van der Waals surface area contributed by atoms with Gasteiger partial charge >= 0.3 is 0 Å². The second-order valence-corrected chi connectivity index (χ2v) is 10.6. The zero-order valence-electron chi connectivity index (χ0n) is 19.1. The molecule has 0 bridgehead atoms. The SMILES string of the molecule is CCC[C@H]1CC[C@H](/C=C/[C@H]2CC[C@H](/C=C/[C@H]3CC[C@H](CCC)CC3)CC2)CC1. The summed E-state index contributed by atoms with van der Waals surface area (Å²) in [4.78, 5) is 0. The van der Waals surface area contributed by atoms with Gasteiger partial charge in [-0.05, 0) is 113 Å². The van der Waals surface area contributed by atoms with Gasteiger partial charge < -0.3 is 0 Å². The van der Waals surface area contributed by atoms with Crippen LogP contribution in [0.3, 0.4) is 0 Å². The molecule has 0 spiro atoms. The third-order valence-electron chi connectivity index (χ3n) is 8.30. The average molecular weight is 385 g/mol. The molecule has 0 unspecified atom stereocenters. The molecule has 0 aromatic rings. The smallest absolute Gasteiger partial charge is 0.0233 e. The molecule has 0 nitrogen and oxygen atoms in total. The van der Waals surface area contributed by atoms with Crippen molar-refractivity contribution in [1.82, 2.24) is 0 Å². The lowest BCUT2D eigenvalue weighted by Crippen LogP contribution is -2.15. The van der Waals surface area contributed by atoms with Crippen molar-refractivity contribution < 1.29 is 0 Å². The minimum Gasteiger partial charge on any atom is -0.0851 e. The van der Waals surface area contributed by atoms with Crippen LogP contribution in [0, 0.1) is 35.5 Å². The highest BCUT2D eigenvalue weighted by atomic mass is 14.3. The maximum absolute atomic E-state index is 2.62. The summed E-state index contributed by atoms with van der Waals surface area (Å²) >= 11 is 0. The van der Waals surface area contributed by atoms with Crippen molar-refractivity contribution in [2.75, 3.05) is 0 Å². The fourth-order valence-corrected chi connectivity index (χ4v) is 6.31. The van der Waals surface area contributed by atoms with E-state index in [1.165, 1.54) is 103 Å². The molecule has 0 aromatic heterocycles. The Kier molecular flexibility index (Phi) is 9.69. The van der Waals surface area contributed by atoms with Crippen LogP contribution in [-0.4, -0.2) is 0 Å². The molecule has 0 atom stereocenters. The summed E-state index contributed by atoms with van der Waals surface area (Å²) in [7, 11) is 0. The zero-order valence-corrected chi connectivity index (χ0v) is 19.1. The van der Waals surface area contributed by atoms with Gasteiger partial charge in [0.25, 0.3) is 0 Å². The van der Waals surface area contributed by atoms with Crippen molar-refractivity contribution >= 4 is 0 Å². The standard InChI is InChI=1S/C28H48/c1-3-5-23-7-11-25(12-8-23)15-17-27-19-21-28(22-20-27)18-16-26-13-9-24(6-4-2)10-14-26/h15-18,23-28H,3-14,19-22H2,1-2H3/b17-15+,18-16+/t23-,24-,25-,26-,27-,28-. The van der Waals surface area contributed by atoms with E-state index in [2.05, 4.69) is 38.2 Å². The largest absolute Gasteiger partial charge is 0.0851 e. The highest BCUT2D eigenvalue weighted by molar-refractivity contribution is 5.00. The number of rotatable bonds is 8. The van der Waals surface area contributed by atoms with Crippen LogP contribution in [0.2, 0.25) is 0 Å². The van der Waals surface area contributed by atoms with Gasteiger partial charge in [0.05, 0.1) is 0 Å². The number of allylic oxidation sites excluding steroid dienone is 4. The predicted octanol–water partition coefficient (Wildman–Crippen LogP) is 9.12. The van der Waals surface area contributed by atoms with Gasteiger partial charge in [-0.25, -0.2) is 0 Å². The van der Waals surface area contributed by atoms with E-state index in [0.717, 1.165) is 35.5 Å². The molecule has 0 radical (unpaired) electrons. The van der Waals surface area contributed by atoms with E-state index in [4.69, 9.17) is 0 Å².